The summed E-state index contributed by atoms with van der Waals surface area (Å²) in [7, 11) is 1.51. The second kappa shape index (κ2) is 5.09. The van der Waals surface area contributed by atoms with Gasteiger partial charge in [0.25, 0.3) is 0 Å². The number of rotatable bonds is 2. The third-order valence-electron chi connectivity index (χ3n) is 2.56. The molecule has 19 heavy (non-hydrogen) atoms. The topological polar surface area (TPSA) is 24.9 Å². The molecule has 1 aromatic heterocycles. The van der Waals surface area contributed by atoms with E-state index in [0.717, 1.165) is 12.1 Å². The molecule has 1 N–H and O–H groups in total. The van der Waals surface area contributed by atoms with Crippen molar-refractivity contribution >= 4 is 17.4 Å². The lowest BCUT2D eigenvalue weighted by Gasteiger charge is -2.12. The van der Waals surface area contributed by atoms with Crippen LogP contribution >= 0.6 is 11.6 Å². The minimum Gasteiger partial charge on any atom is -0.373 e. The van der Waals surface area contributed by atoms with Gasteiger partial charge in [-0.3, -0.25) is 0 Å². The summed E-state index contributed by atoms with van der Waals surface area (Å²) in [5.74, 6) is 0.143. The predicted octanol–water partition coefficient (Wildman–Crippen LogP) is 4.46. The average molecular weight is 287 g/mol. The van der Waals surface area contributed by atoms with E-state index < -0.39 is 11.7 Å². The monoisotopic (exact) mass is 286 g/mol. The molecule has 0 atom stereocenters. The summed E-state index contributed by atoms with van der Waals surface area (Å²) in [6.45, 7) is 0. The molecule has 1 aromatic carbocycles. The summed E-state index contributed by atoms with van der Waals surface area (Å²) in [6, 6.07) is 8.59. The molecule has 0 bridgehead atoms. The minimum atomic E-state index is -4.43. The maximum atomic E-state index is 12.8. The number of alkyl halides is 3. The number of aromatic nitrogens is 1. The van der Waals surface area contributed by atoms with Crippen molar-refractivity contribution in [3.05, 3.63) is 47.0 Å². The zero-order chi connectivity index (χ0) is 14.0. The number of hydrogen-bond acceptors (Lipinski definition) is 2. The zero-order valence-electron chi connectivity index (χ0n) is 9.92. The van der Waals surface area contributed by atoms with E-state index >= 15 is 0 Å². The number of nitrogens with zero attached hydrogens (tertiary/aromatic N) is 1. The lowest BCUT2D eigenvalue weighted by atomic mass is 10.1. The van der Waals surface area contributed by atoms with Crippen LogP contribution in [0.4, 0.5) is 19.0 Å². The van der Waals surface area contributed by atoms with Gasteiger partial charge >= 0.3 is 6.18 Å². The van der Waals surface area contributed by atoms with Crippen molar-refractivity contribution in [1.82, 2.24) is 4.98 Å². The normalized spacial score (nSPS) is 11.4. The fraction of sp³-hybridized carbons (Fsp3) is 0.154. The molecule has 0 aliphatic rings. The Morgan fingerprint density at radius 2 is 1.84 bits per heavy atom. The molecule has 0 radical (unpaired) electrons. The van der Waals surface area contributed by atoms with Crippen LogP contribution in [0.2, 0.25) is 5.02 Å². The van der Waals surface area contributed by atoms with Gasteiger partial charge in [-0.05, 0) is 18.2 Å². The Kier molecular flexibility index (Phi) is 3.66. The molecule has 6 heteroatoms. The van der Waals surface area contributed by atoms with Gasteiger partial charge in [-0.2, -0.15) is 13.2 Å². The number of pyridine rings is 1. The van der Waals surface area contributed by atoms with Gasteiger partial charge in [0.2, 0.25) is 0 Å². The highest BCUT2D eigenvalue weighted by Crippen LogP contribution is 2.34. The molecule has 2 nitrogen and oxygen atoms in total. The van der Waals surface area contributed by atoms with Crippen molar-refractivity contribution in [1.29, 1.82) is 0 Å². The molecular formula is C13H10ClF3N2. The maximum Gasteiger partial charge on any atom is 0.416 e. The minimum absolute atomic E-state index is 0.143. The number of hydrogen-bond donors (Lipinski definition) is 1. The second-order valence-corrected chi connectivity index (χ2v) is 4.26. The van der Waals surface area contributed by atoms with E-state index in [2.05, 4.69) is 10.3 Å². The molecule has 1 heterocycles. The van der Waals surface area contributed by atoms with Gasteiger partial charge in [0.05, 0.1) is 11.3 Å². The summed E-state index contributed by atoms with van der Waals surface area (Å²) < 4.78 is 38.4. The van der Waals surface area contributed by atoms with Gasteiger partial charge in [-0.1, -0.05) is 29.8 Å². The molecule has 2 aromatic rings. The van der Waals surface area contributed by atoms with Crippen LogP contribution in [0.5, 0.6) is 0 Å². The molecule has 0 aliphatic heterocycles. The van der Waals surface area contributed by atoms with Crippen LogP contribution in [0, 0.1) is 0 Å². The molecule has 2 rings (SSSR count). The van der Waals surface area contributed by atoms with Crippen molar-refractivity contribution in [2.45, 2.75) is 6.18 Å². The Balaban J connectivity index is 2.61. The van der Waals surface area contributed by atoms with Gasteiger partial charge in [-0.25, -0.2) is 4.98 Å². The fourth-order valence-electron chi connectivity index (χ4n) is 1.63. The number of anilines is 1. The van der Waals surface area contributed by atoms with Crippen LogP contribution in [0.1, 0.15) is 5.56 Å². The third kappa shape index (κ3) is 2.98. The summed E-state index contributed by atoms with van der Waals surface area (Å²) >= 11 is 5.98. The number of nitrogens with one attached hydrogen (secondary N) is 1. The van der Waals surface area contributed by atoms with Gasteiger partial charge < -0.3 is 5.32 Å². The summed E-state index contributed by atoms with van der Waals surface area (Å²) in [5.41, 5.74) is -0.113. The Morgan fingerprint density at radius 3 is 2.42 bits per heavy atom. The third-order valence-corrected chi connectivity index (χ3v) is 2.89. The smallest absolute Gasteiger partial charge is 0.373 e. The summed E-state index contributed by atoms with van der Waals surface area (Å²) in [5, 5.41) is 2.97. The molecule has 0 amide bonds. The Hall–Kier alpha value is -1.75. The summed E-state index contributed by atoms with van der Waals surface area (Å²) in [6.07, 6.45) is -4.43. The highest BCUT2D eigenvalue weighted by molar-refractivity contribution is 6.33. The average Bonchev–Trinajstić information content (AvgIpc) is 2.37. The molecule has 0 saturated carbocycles. The highest BCUT2D eigenvalue weighted by Gasteiger charge is 2.31. The maximum absolute atomic E-state index is 12.8. The Labute approximate surface area is 113 Å². The first kappa shape index (κ1) is 13.7. The van der Waals surface area contributed by atoms with Crippen molar-refractivity contribution in [3.63, 3.8) is 0 Å². The van der Waals surface area contributed by atoms with Gasteiger partial charge in [0.1, 0.15) is 5.82 Å². The van der Waals surface area contributed by atoms with Crippen molar-refractivity contribution in [3.8, 4) is 11.3 Å². The van der Waals surface area contributed by atoms with Crippen molar-refractivity contribution in [2.24, 2.45) is 0 Å². The van der Waals surface area contributed by atoms with Crippen LogP contribution in [0.15, 0.2) is 36.4 Å². The molecule has 0 spiro atoms. The van der Waals surface area contributed by atoms with E-state index in [9.17, 15) is 13.2 Å². The van der Waals surface area contributed by atoms with Crippen molar-refractivity contribution in [2.75, 3.05) is 12.4 Å². The van der Waals surface area contributed by atoms with Crippen LogP contribution < -0.4 is 5.32 Å². The lowest BCUT2D eigenvalue weighted by molar-refractivity contribution is -0.137. The highest BCUT2D eigenvalue weighted by atomic mass is 35.5. The molecule has 0 unspecified atom stereocenters. The SMILES string of the molecule is CNc1cc(C(F)(F)F)cc(-c2ccccc2Cl)n1. The number of benzene rings is 1. The van der Waals surface area contributed by atoms with E-state index in [1.165, 1.54) is 7.05 Å². The van der Waals surface area contributed by atoms with E-state index in [1.807, 2.05) is 0 Å². The van der Waals surface area contributed by atoms with Crippen molar-refractivity contribution < 1.29 is 13.2 Å². The zero-order valence-corrected chi connectivity index (χ0v) is 10.7. The molecule has 0 fully saturated rings. The lowest BCUT2D eigenvalue weighted by Crippen LogP contribution is -2.07. The largest absolute Gasteiger partial charge is 0.416 e. The van der Waals surface area contributed by atoms with Gasteiger partial charge in [0, 0.05) is 17.6 Å². The van der Waals surface area contributed by atoms with Crippen LogP contribution in [0.3, 0.4) is 0 Å². The van der Waals surface area contributed by atoms with Gasteiger partial charge in [-0.15, -0.1) is 0 Å². The first-order valence-corrected chi connectivity index (χ1v) is 5.81. The molecule has 0 aliphatic carbocycles. The molecule has 0 saturated heterocycles. The Bertz CT molecular complexity index is 597. The molecular weight excluding hydrogens is 277 g/mol. The standard InChI is InChI=1S/C13H10ClF3N2/c1-18-12-7-8(13(15,16)17)6-11(19-12)9-4-2-3-5-10(9)14/h2-7H,1H3,(H,18,19). The van der Waals surface area contributed by atoms with E-state index in [0.29, 0.717) is 10.6 Å². The molecule has 100 valence electrons. The fourth-order valence-corrected chi connectivity index (χ4v) is 1.86. The number of halogens is 4. The van der Waals surface area contributed by atoms with Crippen LogP contribution in [-0.4, -0.2) is 12.0 Å². The quantitative estimate of drug-likeness (QED) is 0.881. The first-order valence-electron chi connectivity index (χ1n) is 5.44. The summed E-state index contributed by atoms with van der Waals surface area (Å²) in [4.78, 5) is 4.10. The second-order valence-electron chi connectivity index (χ2n) is 3.85. The van der Waals surface area contributed by atoms with Crippen LogP contribution in [-0.2, 0) is 6.18 Å². The van der Waals surface area contributed by atoms with Gasteiger partial charge in [0.15, 0.2) is 0 Å². The van der Waals surface area contributed by atoms with E-state index in [1.54, 1.807) is 24.3 Å². The van der Waals surface area contributed by atoms with Crippen LogP contribution in [0.25, 0.3) is 11.3 Å². The van der Waals surface area contributed by atoms with E-state index in [-0.39, 0.29) is 11.5 Å². The van der Waals surface area contributed by atoms with E-state index in [4.69, 9.17) is 11.6 Å². The Morgan fingerprint density at radius 1 is 1.16 bits per heavy atom. The first-order chi connectivity index (χ1) is 8.91. The predicted molar refractivity (Wildman–Crippen MR) is 69.2 cm³/mol.